The first-order valence-corrected chi connectivity index (χ1v) is 8.35. The second-order valence-corrected chi connectivity index (χ2v) is 7.08. The molecule has 0 aliphatic carbocycles. The van der Waals surface area contributed by atoms with Crippen molar-refractivity contribution in [3.8, 4) is 10.6 Å². The van der Waals surface area contributed by atoms with Crippen LogP contribution in [0.15, 0.2) is 30.4 Å². The summed E-state index contributed by atoms with van der Waals surface area (Å²) in [5.41, 5.74) is 2.34. The normalized spacial score (nSPS) is 10.7. The highest BCUT2D eigenvalue weighted by Gasteiger charge is 2.20. The zero-order valence-corrected chi connectivity index (χ0v) is 14.7. The van der Waals surface area contributed by atoms with Crippen molar-refractivity contribution in [3.63, 3.8) is 0 Å². The van der Waals surface area contributed by atoms with E-state index in [9.17, 15) is 4.79 Å². The lowest BCUT2D eigenvalue weighted by Crippen LogP contribution is -2.30. The molecule has 0 radical (unpaired) electrons. The maximum atomic E-state index is 12.6. The van der Waals surface area contributed by atoms with E-state index in [4.69, 9.17) is 11.6 Å². The van der Waals surface area contributed by atoms with Crippen LogP contribution in [-0.2, 0) is 6.54 Å². The molecule has 22 heavy (non-hydrogen) atoms. The van der Waals surface area contributed by atoms with Gasteiger partial charge in [-0.05, 0) is 31.5 Å². The Balaban J connectivity index is 2.35. The molecule has 2 aromatic rings. The fraction of sp³-hybridized carbons (Fsp3) is 0.375. The first-order valence-electron chi connectivity index (χ1n) is 7.15. The molecule has 0 atom stereocenters. The fourth-order valence-corrected chi connectivity index (χ4v) is 3.21. The summed E-state index contributed by atoms with van der Waals surface area (Å²) in [6, 6.07) is 5.61. The molecule has 4 nitrogen and oxygen atoms in total. The number of likely N-dealkylation sites (N-methyl/N-ethyl adjacent to an activating group) is 1. The van der Waals surface area contributed by atoms with Gasteiger partial charge in [-0.2, -0.15) is 5.10 Å². The molecular formula is C16H20ClN3OS. The van der Waals surface area contributed by atoms with Crippen LogP contribution in [0.4, 0.5) is 0 Å². The van der Waals surface area contributed by atoms with Crippen molar-refractivity contribution < 1.29 is 4.79 Å². The molecule has 118 valence electrons. The summed E-state index contributed by atoms with van der Waals surface area (Å²) < 4.78 is 2.49. The number of thiophene rings is 1. The van der Waals surface area contributed by atoms with Gasteiger partial charge in [0.05, 0.1) is 9.21 Å². The number of hydrogen-bond donors (Lipinski definition) is 0. The minimum absolute atomic E-state index is 0.0437. The van der Waals surface area contributed by atoms with Gasteiger partial charge >= 0.3 is 0 Å². The molecule has 6 heteroatoms. The molecule has 0 saturated heterocycles. The molecule has 0 unspecified atom stereocenters. The molecular weight excluding hydrogens is 318 g/mol. The van der Waals surface area contributed by atoms with E-state index in [1.807, 2.05) is 25.1 Å². The number of aromatic nitrogens is 2. The molecule has 2 aromatic heterocycles. The molecule has 0 N–H and O–H groups in total. The summed E-state index contributed by atoms with van der Waals surface area (Å²) in [5, 5.41) is 4.56. The van der Waals surface area contributed by atoms with E-state index in [-0.39, 0.29) is 5.91 Å². The monoisotopic (exact) mass is 337 g/mol. The molecule has 2 heterocycles. The Hall–Kier alpha value is -1.59. The van der Waals surface area contributed by atoms with Crippen molar-refractivity contribution in [2.45, 2.75) is 26.8 Å². The Kier molecular flexibility index (Phi) is 5.42. The highest BCUT2D eigenvalue weighted by atomic mass is 35.5. The standard InChI is InChI=1S/C16H20ClN3OS/c1-5-8-20-13(16(21)19(4)10-11(2)3)9-12(18-20)14-6-7-15(17)22-14/h6-7,9H,2,5,8,10H2,1,3-4H3. The average Bonchev–Trinajstić information content (AvgIpc) is 3.04. The SMILES string of the molecule is C=C(C)CN(C)C(=O)c1cc(-c2ccc(Cl)s2)nn1CCC. The van der Waals surface area contributed by atoms with E-state index in [1.165, 1.54) is 11.3 Å². The maximum Gasteiger partial charge on any atom is 0.272 e. The molecule has 0 fully saturated rings. The summed E-state index contributed by atoms with van der Waals surface area (Å²) in [4.78, 5) is 15.3. The zero-order valence-electron chi connectivity index (χ0n) is 13.1. The Morgan fingerprint density at radius 1 is 1.50 bits per heavy atom. The van der Waals surface area contributed by atoms with Gasteiger partial charge in [0.2, 0.25) is 0 Å². The van der Waals surface area contributed by atoms with Gasteiger partial charge in [-0.15, -0.1) is 11.3 Å². The van der Waals surface area contributed by atoms with Crippen LogP contribution in [0.3, 0.4) is 0 Å². The first-order chi connectivity index (χ1) is 10.4. The van der Waals surface area contributed by atoms with Crippen molar-refractivity contribution in [3.05, 3.63) is 40.4 Å². The molecule has 0 aromatic carbocycles. The van der Waals surface area contributed by atoms with Crippen LogP contribution in [0.2, 0.25) is 4.34 Å². The van der Waals surface area contributed by atoms with E-state index in [0.717, 1.165) is 22.6 Å². The molecule has 0 aliphatic heterocycles. The number of amides is 1. The summed E-state index contributed by atoms with van der Waals surface area (Å²) in [5.74, 6) is -0.0437. The first kappa shape index (κ1) is 16.8. The van der Waals surface area contributed by atoms with Gasteiger partial charge in [0.15, 0.2) is 0 Å². The van der Waals surface area contributed by atoms with Crippen molar-refractivity contribution in [1.29, 1.82) is 0 Å². The number of halogens is 1. The van der Waals surface area contributed by atoms with Crippen LogP contribution in [0.5, 0.6) is 0 Å². The third kappa shape index (κ3) is 3.78. The molecule has 0 bridgehead atoms. The van der Waals surface area contributed by atoms with Crippen LogP contribution in [0.25, 0.3) is 10.6 Å². The summed E-state index contributed by atoms with van der Waals surface area (Å²) in [6.07, 6.45) is 0.913. The fourth-order valence-electron chi connectivity index (χ4n) is 2.22. The Morgan fingerprint density at radius 2 is 2.23 bits per heavy atom. The van der Waals surface area contributed by atoms with E-state index >= 15 is 0 Å². The van der Waals surface area contributed by atoms with Crippen LogP contribution >= 0.6 is 22.9 Å². The average molecular weight is 338 g/mol. The van der Waals surface area contributed by atoms with E-state index in [2.05, 4.69) is 18.6 Å². The highest BCUT2D eigenvalue weighted by Crippen LogP contribution is 2.30. The quantitative estimate of drug-likeness (QED) is 0.736. The molecule has 0 spiro atoms. The number of aryl methyl sites for hydroxylation is 1. The van der Waals surface area contributed by atoms with Crippen LogP contribution in [0.1, 0.15) is 30.8 Å². The van der Waals surface area contributed by atoms with Crippen molar-refractivity contribution in [1.82, 2.24) is 14.7 Å². The van der Waals surface area contributed by atoms with Crippen molar-refractivity contribution >= 4 is 28.8 Å². The lowest BCUT2D eigenvalue weighted by atomic mass is 10.2. The Morgan fingerprint density at radius 3 is 2.77 bits per heavy atom. The Bertz CT molecular complexity index is 689. The predicted octanol–water partition coefficient (Wildman–Crippen LogP) is 4.32. The molecule has 1 amide bonds. The van der Waals surface area contributed by atoms with E-state index in [0.29, 0.717) is 23.1 Å². The predicted molar refractivity (Wildman–Crippen MR) is 92.6 cm³/mol. The van der Waals surface area contributed by atoms with Gasteiger partial charge in [0, 0.05) is 20.1 Å². The topological polar surface area (TPSA) is 38.1 Å². The number of carbonyl (C=O) groups excluding carboxylic acids is 1. The van der Waals surface area contributed by atoms with Gasteiger partial charge < -0.3 is 4.90 Å². The second-order valence-electron chi connectivity index (χ2n) is 5.36. The number of carbonyl (C=O) groups is 1. The van der Waals surface area contributed by atoms with Crippen molar-refractivity contribution in [2.24, 2.45) is 0 Å². The van der Waals surface area contributed by atoms with E-state index < -0.39 is 0 Å². The third-order valence-corrected chi connectivity index (χ3v) is 4.37. The second kappa shape index (κ2) is 7.11. The number of rotatable bonds is 6. The van der Waals surface area contributed by atoms with Crippen LogP contribution in [0, 0.1) is 0 Å². The van der Waals surface area contributed by atoms with Crippen LogP contribution < -0.4 is 0 Å². The molecule has 0 aliphatic rings. The smallest absolute Gasteiger partial charge is 0.272 e. The van der Waals surface area contributed by atoms with Crippen molar-refractivity contribution in [2.75, 3.05) is 13.6 Å². The summed E-state index contributed by atoms with van der Waals surface area (Å²) in [6.45, 7) is 9.08. The van der Waals surface area contributed by atoms with Gasteiger partial charge in [-0.1, -0.05) is 30.7 Å². The molecule has 0 saturated carbocycles. The minimum Gasteiger partial charge on any atom is -0.336 e. The molecule has 2 rings (SSSR count). The van der Waals surface area contributed by atoms with Gasteiger partial charge in [-0.25, -0.2) is 0 Å². The largest absolute Gasteiger partial charge is 0.336 e. The van der Waals surface area contributed by atoms with Crippen LogP contribution in [-0.4, -0.2) is 34.2 Å². The number of nitrogens with zero attached hydrogens (tertiary/aromatic N) is 3. The zero-order chi connectivity index (χ0) is 16.3. The lowest BCUT2D eigenvalue weighted by Gasteiger charge is -2.17. The van der Waals surface area contributed by atoms with Gasteiger partial charge in [-0.3, -0.25) is 9.48 Å². The van der Waals surface area contributed by atoms with Gasteiger partial charge in [0.1, 0.15) is 11.4 Å². The summed E-state index contributed by atoms with van der Waals surface area (Å²) in [7, 11) is 1.78. The minimum atomic E-state index is -0.0437. The lowest BCUT2D eigenvalue weighted by molar-refractivity contribution is 0.0794. The number of hydrogen-bond acceptors (Lipinski definition) is 3. The highest BCUT2D eigenvalue weighted by molar-refractivity contribution is 7.19. The van der Waals surface area contributed by atoms with E-state index in [1.54, 1.807) is 16.6 Å². The third-order valence-electron chi connectivity index (χ3n) is 3.11. The summed E-state index contributed by atoms with van der Waals surface area (Å²) >= 11 is 7.45. The maximum absolute atomic E-state index is 12.6. The van der Waals surface area contributed by atoms with Gasteiger partial charge in [0.25, 0.3) is 5.91 Å². The Labute approximate surface area is 140 Å².